The molecule has 0 saturated heterocycles. The average Bonchev–Trinajstić information content (AvgIpc) is 2.46. The van der Waals surface area contributed by atoms with Gasteiger partial charge in [-0.15, -0.1) is 0 Å². The van der Waals surface area contributed by atoms with E-state index in [1.54, 1.807) is 31.2 Å². The molecule has 0 aromatic heterocycles. The SMILES string of the molecule is CCC1=CC(C(=O)O)=C(c2ccccc2Br)C(N)C1=S(=O)=O. The fourth-order valence-electron chi connectivity index (χ4n) is 2.48. The van der Waals surface area contributed by atoms with Gasteiger partial charge in [0.2, 0.25) is 10.3 Å². The average molecular weight is 384 g/mol. The zero-order chi connectivity index (χ0) is 16.4. The molecule has 0 bridgehead atoms. The molecule has 3 N–H and O–H groups in total. The molecule has 0 amide bonds. The van der Waals surface area contributed by atoms with Crippen LogP contribution in [0.5, 0.6) is 0 Å². The number of benzene rings is 1. The molecule has 0 saturated carbocycles. The second-order valence-corrected chi connectivity index (χ2v) is 6.48. The Balaban J connectivity index is 2.86. The van der Waals surface area contributed by atoms with E-state index in [9.17, 15) is 18.3 Å². The van der Waals surface area contributed by atoms with E-state index in [4.69, 9.17) is 5.73 Å². The van der Waals surface area contributed by atoms with Crippen LogP contribution >= 0.6 is 15.9 Å². The van der Waals surface area contributed by atoms with Crippen molar-refractivity contribution in [3.8, 4) is 0 Å². The minimum absolute atomic E-state index is 0.0189. The van der Waals surface area contributed by atoms with E-state index >= 15 is 0 Å². The van der Waals surface area contributed by atoms with Crippen molar-refractivity contribution >= 4 is 42.6 Å². The smallest absolute Gasteiger partial charge is 0.336 e. The predicted molar refractivity (Wildman–Crippen MR) is 89.0 cm³/mol. The highest BCUT2D eigenvalue weighted by Gasteiger charge is 2.31. The zero-order valence-electron chi connectivity index (χ0n) is 11.7. The van der Waals surface area contributed by atoms with Crippen LogP contribution < -0.4 is 5.73 Å². The van der Waals surface area contributed by atoms with Gasteiger partial charge in [-0.25, -0.2) is 4.79 Å². The van der Waals surface area contributed by atoms with Gasteiger partial charge in [0.25, 0.3) is 0 Å². The van der Waals surface area contributed by atoms with Gasteiger partial charge in [0, 0.05) is 4.47 Å². The molecule has 116 valence electrons. The van der Waals surface area contributed by atoms with Crippen LogP contribution in [0.3, 0.4) is 0 Å². The van der Waals surface area contributed by atoms with E-state index in [0.717, 1.165) is 0 Å². The second-order valence-electron chi connectivity index (χ2n) is 4.71. The molecule has 1 unspecified atom stereocenters. The number of carbonyl (C=O) groups is 1. The third kappa shape index (κ3) is 2.92. The Labute approximate surface area is 137 Å². The van der Waals surface area contributed by atoms with E-state index in [-0.39, 0.29) is 16.0 Å². The van der Waals surface area contributed by atoms with Crippen molar-refractivity contribution < 1.29 is 18.3 Å². The van der Waals surface area contributed by atoms with Gasteiger partial charge < -0.3 is 10.8 Å². The first-order chi connectivity index (χ1) is 10.4. The molecular formula is C15H14BrNO4S. The number of halogens is 1. The van der Waals surface area contributed by atoms with Crippen LogP contribution in [-0.4, -0.2) is 30.4 Å². The Morgan fingerprint density at radius 1 is 1.36 bits per heavy atom. The van der Waals surface area contributed by atoms with Crippen molar-refractivity contribution in [3.63, 3.8) is 0 Å². The van der Waals surface area contributed by atoms with Crippen molar-refractivity contribution in [2.45, 2.75) is 19.4 Å². The van der Waals surface area contributed by atoms with Crippen LogP contribution in [-0.2, 0) is 15.1 Å². The Kier molecular flexibility index (Phi) is 5.00. The van der Waals surface area contributed by atoms with Crippen LogP contribution in [0, 0.1) is 0 Å². The van der Waals surface area contributed by atoms with Gasteiger partial charge in [-0.3, -0.25) is 0 Å². The standard InChI is InChI=1S/C15H14BrNO4S/c1-2-8-7-10(15(18)19)12(13(17)14(8)22(20)21)9-5-3-4-6-11(9)16/h3-7,13H,2,17H2,1H3,(H,18,19). The molecule has 0 aliphatic heterocycles. The summed E-state index contributed by atoms with van der Waals surface area (Å²) in [5.41, 5.74) is 7.41. The molecule has 22 heavy (non-hydrogen) atoms. The molecule has 5 nitrogen and oxygen atoms in total. The van der Waals surface area contributed by atoms with Gasteiger partial charge in [0.05, 0.1) is 16.5 Å². The van der Waals surface area contributed by atoms with E-state index in [0.29, 0.717) is 22.0 Å². The summed E-state index contributed by atoms with van der Waals surface area (Å²) in [4.78, 5) is 11.6. The van der Waals surface area contributed by atoms with Gasteiger partial charge in [-0.1, -0.05) is 41.1 Å². The zero-order valence-corrected chi connectivity index (χ0v) is 14.1. The molecule has 1 aromatic carbocycles. The third-order valence-electron chi connectivity index (χ3n) is 3.47. The largest absolute Gasteiger partial charge is 0.478 e. The molecule has 0 heterocycles. The van der Waals surface area contributed by atoms with E-state index in [1.165, 1.54) is 6.08 Å². The second kappa shape index (κ2) is 6.60. The highest BCUT2D eigenvalue weighted by molar-refractivity contribution is 9.10. The van der Waals surface area contributed by atoms with Crippen molar-refractivity contribution in [1.29, 1.82) is 0 Å². The lowest BCUT2D eigenvalue weighted by Crippen LogP contribution is -2.37. The summed E-state index contributed by atoms with van der Waals surface area (Å²) in [6.07, 6.45) is 1.78. The Hall–Kier alpha value is -1.70. The molecule has 0 spiro atoms. The van der Waals surface area contributed by atoms with E-state index < -0.39 is 22.3 Å². The highest BCUT2D eigenvalue weighted by atomic mass is 79.9. The fourth-order valence-corrected chi connectivity index (χ4v) is 3.72. The quantitative estimate of drug-likeness (QED) is 0.778. The first-order valence-corrected chi connectivity index (χ1v) is 8.40. The predicted octanol–water partition coefficient (Wildman–Crippen LogP) is 2.02. The first kappa shape index (κ1) is 16.7. The molecule has 1 aromatic rings. The summed E-state index contributed by atoms with van der Waals surface area (Å²) >= 11 is 3.36. The molecule has 0 fully saturated rings. The number of hydrogen-bond acceptors (Lipinski definition) is 4. The summed E-state index contributed by atoms with van der Waals surface area (Å²) in [6.45, 7) is 1.76. The van der Waals surface area contributed by atoms with Gasteiger partial charge in [-0.05, 0) is 35.3 Å². The number of rotatable bonds is 3. The molecule has 1 atom stereocenters. The maximum Gasteiger partial charge on any atom is 0.336 e. The molecular weight excluding hydrogens is 370 g/mol. The third-order valence-corrected chi connectivity index (χ3v) is 5.04. The Morgan fingerprint density at radius 3 is 2.50 bits per heavy atom. The van der Waals surface area contributed by atoms with Crippen molar-refractivity contribution in [3.05, 3.63) is 51.5 Å². The van der Waals surface area contributed by atoms with Crippen LogP contribution in [0.15, 0.2) is 46.0 Å². The summed E-state index contributed by atoms with van der Waals surface area (Å²) in [5, 5.41) is 9.48. The maximum atomic E-state index is 11.6. The van der Waals surface area contributed by atoms with Crippen LogP contribution in [0.4, 0.5) is 0 Å². The molecule has 2 rings (SSSR count). The molecule has 7 heteroatoms. The lowest BCUT2D eigenvalue weighted by Gasteiger charge is -2.25. The number of carboxylic acid groups (broad SMARTS) is 1. The van der Waals surface area contributed by atoms with E-state index in [2.05, 4.69) is 15.9 Å². The molecule has 1 aliphatic rings. The van der Waals surface area contributed by atoms with Crippen LogP contribution in [0.25, 0.3) is 5.57 Å². The van der Waals surface area contributed by atoms with Crippen LogP contribution in [0.1, 0.15) is 18.9 Å². The number of nitrogens with two attached hydrogens (primary N) is 1. The van der Waals surface area contributed by atoms with Gasteiger partial charge >= 0.3 is 5.97 Å². The summed E-state index contributed by atoms with van der Waals surface area (Å²) < 4.78 is 23.7. The minimum Gasteiger partial charge on any atom is -0.478 e. The fraction of sp³-hybridized carbons (Fsp3) is 0.200. The van der Waals surface area contributed by atoms with Gasteiger partial charge in [0.15, 0.2) is 0 Å². The lowest BCUT2D eigenvalue weighted by atomic mass is 9.83. The topological polar surface area (TPSA) is 97.5 Å². The Morgan fingerprint density at radius 2 is 2.00 bits per heavy atom. The summed E-state index contributed by atoms with van der Waals surface area (Å²) in [5.74, 6) is -1.14. The van der Waals surface area contributed by atoms with Crippen molar-refractivity contribution in [2.24, 2.45) is 5.73 Å². The minimum atomic E-state index is -2.51. The summed E-state index contributed by atoms with van der Waals surface area (Å²) in [6, 6.07) is 5.97. The normalized spacial score (nSPS) is 18.2. The van der Waals surface area contributed by atoms with Gasteiger partial charge in [-0.2, -0.15) is 8.42 Å². The number of hydrogen-bond donors (Lipinski definition) is 2. The van der Waals surface area contributed by atoms with Crippen molar-refractivity contribution in [2.75, 3.05) is 0 Å². The summed E-state index contributed by atoms with van der Waals surface area (Å²) in [7, 11) is -2.51. The first-order valence-electron chi connectivity index (χ1n) is 6.53. The lowest BCUT2D eigenvalue weighted by molar-refractivity contribution is -0.132. The van der Waals surface area contributed by atoms with Crippen molar-refractivity contribution in [1.82, 2.24) is 0 Å². The van der Waals surface area contributed by atoms with Gasteiger partial charge in [0.1, 0.15) is 0 Å². The maximum absolute atomic E-state index is 11.6. The molecule has 1 aliphatic carbocycles. The monoisotopic (exact) mass is 383 g/mol. The Bertz CT molecular complexity index is 829. The molecule has 0 radical (unpaired) electrons. The number of carboxylic acids is 1. The van der Waals surface area contributed by atoms with E-state index in [1.807, 2.05) is 0 Å². The van der Waals surface area contributed by atoms with Crippen LogP contribution in [0.2, 0.25) is 0 Å². The highest BCUT2D eigenvalue weighted by Crippen LogP contribution is 2.34. The number of aliphatic carboxylic acids is 1.